The van der Waals surface area contributed by atoms with Crippen LogP contribution in [0.4, 0.5) is 4.79 Å². The van der Waals surface area contributed by atoms with Gasteiger partial charge in [-0.15, -0.1) is 0 Å². The smallest absolute Gasteiger partial charge is 0.321 e. The molecule has 6 heteroatoms. The summed E-state index contributed by atoms with van der Waals surface area (Å²) in [4.78, 5) is 22.0. The van der Waals surface area contributed by atoms with Crippen LogP contribution < -0.4 is 5.73 Å². The molecule has 0 saturated carbocycles. The van der Waals surface area contributed by atoms with Gasteiger partial charge in [-0.2, -0.15) is 0 Å². The summed E-state index contributed by atoms with van der Waals surface area (Å²) < 4.78 is 0. The number of carbonyl (C=O) groups is 2. The van der Waals surface area contributed by atoms with E-state index in [1.54, 1.807) is 0 Å². The second kappa shape index (κ2) is 5.50. The molecule has 3 amide bonds. The van der Waals surface area contributed by atoms with E-state index in [4.69, 9.17) is 15.9 Å². The maximum absolute atomic E-state index is 10.8. The number of aliphatic hydroxyl groups is 2. The monoisotopic (exact) mass is 176 g/mol. The number of amides is 3. The molecule has 0 heterocycles. The van der Waals surface area contributed by atoms with Crippen LogP contribution in [0.5, 0.6) is 0 Å². The van der Waals surface area contributed by atoms with E-state index in [-0.39, 0.29) is 19.6 Å². The highest BCUT2D eigenvalue weighted by Crippen LogP contribution is 1.91. The van der Waals surface area contributed by atoms with Gasteiger partial charge in [0, 0.05) is 13.2 Å². The van der Waals surface area contributed by atoms with E-state index in [0.717, 1.165) is 0 Å². The summed E-state index contributed by atoms with van der Waals surface area (Å²) in [6.07, 6.45) is 0.259. The minimum Gasteiger partial charge on any atom is -0.396 e. The minimum absolute atomic E-state index is 0.0330. The predicted octanol–water partition coefficient (Wildman–Crippen LogP) is -1.73. The lowest BCUT2D eigenvalue weighted by Crippen LogP contribution is -2.42. The SMILES string of the molecule is NC(=O)N(CCCO)C(=O)CO. The van der Waals surface area contributed by atoms with Crippen LogP contribution in [-0.2, 0) is 4.79 Å². The summed E-state index contributed by atoms with van der Waals surface area (Å²) in [6.45, 7) is -0.859. The number of primary amides is 1. The summed E-state index contributed by atoms with van der Waals surface area (Å²) in [5.41, 5.74) is 4.83. The highest BCUT2D eigenvalue weighted by atomic mass is 16.3. The van der Waals surface area contributed by atoms with Gasteiger partial charge in [-0.05, 0) is 6.42 Å². The predicted molar refractivity (Wildman–Crippen MR) is 40.1 cm³/mol. The summed E-state index contributed by atoms with van der Waals surface area (Å²) >= 11 is 0. The van der Waals surface area contributed by atoms with Gasteiger partial charge in [0.25, 0.3) is 5.91 Å². The first-order chi connectivity index (χ1) is 5.63. The molecular weight excluding hydrogens is 164 g/mol. The molecule has 0 fully saturated rings. The number of hydrogen-bond acceptors (Lipinski definition) is 4. The summed E-state index contributed by atoms with van der Waals surface area (Å²) in [6, 6.07) is -0.914. The van der Waals surface area contributed by atoms with Crippen molar-refractivity contribution in [1.29, 1.82) is 0 Å². The van der Waals surface area contributed by atoms with E-state index in [2.05, 4.69) is 0 Å². The van der Waals surface area contributed by atoms with Crippen LogP contribution in [0.3, 0.4) is 0 Å². The highest BCUT2D eigenvalue weighted by molar-refractivity contribution is 5.94. The van der Waals surface area contributed by atoms with E-state index in [1.807, 2.05) is 0 Å². The van der Waals surface area contributed by atoms with Crippen LogP contribution in [0.2, 0.25) is 0 Å². The van der Waals surface area contributed by atoms with E-state index >= 15 is 0 Å². The zero-order valence-corrected chi connectivity index (χ0v) is 6.56. The van der Waals surface area contributed by atoms with Crippen LogP contribution in [-0.4, -0.2) is 46.8 Å². The van der Waals surface area contributed by atoms with Crippen LogP contribution in [0.15, 0.2) is 0 Å². The first-order valence-corrected chi connectivity index (χ1v) is 3.45. The molecule has 0 bridgehead atoms. The average Bonchev–Trinajstić information content (AvgIpc) is 2.04. The highest BCUT2D eigenvalue weighted by Gasteiger charge is 2.16. The molecule has 0 radical (unpaired) electrons. The van der Waals surface area contributed by atoms with Gasteiger partial charge in [-0.25, -0.2) is 4.79 Å². The summed E-state index contributed by atoms with van der Waals surface area (Å²) in [5.74, 6) is -0.754. The third-order valence-electron chi connectivity index (χ3n) is 1.24. The Morgan fingerprint density at radius 2 is 1.92 bits per heavy atom. The van der Waals surface area contributed by atoms with Gasteiger partial charge >= 0.3 is 6.03 Å². The lowest BCUT2D eigenvalue weighted by atomic mass is 10.4. The number of hydrogen-bond donors (Lipinski definition) is 3. The zero-order valence-electron chi connectivity index (χ0n) is 6.56. The Balaban J connectivity index is 4.04. The number of urea groups is 1. The van der Waals surface area contributed by atoms with Gasteiger partial charge in [-0.3, -0.25) is 9.69 Å². The fourth-order valence-electron chi connectivity index (χ4n) is 0.672. The second-order valence-electron chi connectivity index (χ2n) is 2.12. The van der Waals surface area contributed by atoms with Crippen molar-refractivity contribution in [3.05, 3.63) is 0 Å². The van der Waals surface area contributed by atoms with E-state index in [0.29, 0.717) is 4.90 Å². The van der Waals surface area contributed by atoms with Gasteiger partial charge < -0.3 is 15.9 Å². The van der Waals surface area contributed by atoms with Crippen LogP contribution >= 0.6 is 0 Å². The maximum Gasteiger partial charge on any atom is 0.321 e. The molecular formula is C6H12N2O4. The molecule has 6 nitrogen and oxygen atoms in total. The standard InChI is InChI=1S/C6H12N2O4/c7-6(12)8(2-1-3-9)5(11)4-10/h9-10H,1-4H2,(H2,7,12). The lowest BCUT2D eigenvalue weighted by Gasteiger charge is -2.15. The van der Waals surface area contributed by atoms with E-state index < -0.39 is 18.5 Å². The Morgan fingerprint density at radius 1 is 1.33 bits per heavy atom. The first-order valence-electron chi connectivity index (χ1n) is 3.45. The van der Waals surface area contributed by atoms with Crippen LogP contribution in [0, 0.1) is 0 Å². The van der Waals surface area contributed by atoms with Gasteiger partial charge in [0.2, 0.25) is 0 Å². The molecule has 0 atom stereocenters. The normalized spacial score (nSPS) is 9.50. The molecule has 0 aromatic rings. The topological polar surface area (TPSA) is 104 Å². The molecule has 0 aliphatic carbocycles. The molecule has 0 spiro atoms. The Morgan fingerprint density at radius 3 is 2.25 bits per heavy atom. The molecule has 12 heavy (non-hydrogen) atoms. The number of aliphatic hydroxyl groups excluding tert-OH is 2. The molecule has 0 aliphatic rings. The quantitative estimate of drug-likeness (QED) is 0.473. The van der Waals surface area contributed by atoms with Gasteiger partial charge in [0.1, 0.15) is 6.61 Å². The van der Waals surface area contributed by atoms with Crippen molar-refractivity contribution in [3.8, 4) is 0 Å². The molecule has 0 rings (SSSR count). The fourth-order valence-corrected chi connectivity index (χ4v) is 0.672. The summed E-state index contributed by atoms with van der Waals surface area (Å²) in [7, 11) is 0. The number of rotatable bonds is 4. The van der Waals surface area contributed by atoms with Gasteiger partial charge in [0.05, 0.1) is 0 Å². The van der Waals surface area contributed by atoms with Crippen LogP contribution in [0.1, 0.15) is 6.42 Å². The van der Waals surface area contributed by atoms with Crippen molar-refractivity contribution >= 4 is 11.9 Å². The maximum atomic E-state index is 10.8. The first kappa shape index (κ1) is 10.9. The van der Waals surface area contributed by atoms with Crippen LogP contribution in [0.25, 0.3) is 0 Å². The minimum atomic E-state index is -0.914. The average molecular weight is 176 g/mol. The van der Waals surface area contributed by atoms with Crippen molar-refractivity contribution in [2.45, 2.75) is 6.42 Å². The van der Waals surface area contributed by atoms with E-state index in [1.165, 1.54) is 0 Å². The van der Waals surface area contributed by atoms with Crippen molar-refractivity contribution in [1.82, 2.24) is 4.90 Å². The van der Waals surface area contributed by atoms with Crippen molar-refractivity contribution in [3.63, 3.8) is 0 Å². The second-order valence-corrected chi connectivity index (χ2v) is 2.12. The number of nitrogens with zero attached hydrogens (tertiary/aromatic N) is 1. The molecule has 0 unspecified atom stereocenters. The number of carbonyl (C=O) groups excluding carboxylic acids is 2. The molecule has 4 N–H and O–H groups in total. The lowest BCUT2D eigenvalue weighted by molar-refractivity contribution is -0.131. The Kier molecular flexibility index (Phi) is 4.98. The van der Waals surface area contributed by atoms with Crippen molar-refractivity contribution in [2.24, 2.45) is 5.73 Å². The van der Waals surface area contributed by atoms with E-state index in [9.17, 15) is 9.59 Å². The molecule has 0 aliphatic heterocycles. The van der Waals surface area contributed by atoms with Crippen molar-refractivity contribution < 1.29 is 19.8 Å². The fraction of sp³-hybridized carbons (Fsp3) is 0.667. The molecule has 0 saturated heterocycles. The summed E-state index contributed by atoms with van der Waals surface area (Å²) in [5, 5.41) is 16.8. The van der Waals surface area contributed by atoms with Gasteiger partial charge in [0.15, 0.2) is 0 Å². The Hall–Kier alpha value is -1.14. The number of imide groups is 1. The Labute approximate surface area is 69.6 Å². The molecule has 0 aromatic heterocycles. The Bertz CT molecular complexity index is 171. The zero-order chi connectivity index (χ0) is 9.56. The van der Waals surface area contributed by atoms with Crippen molar-refractivity contribution in [2.75, 3.05) is 19.8 Å². The molecule has 70 valence electrons. The molecule has 0 aromatic carbocycles. The van der Waals surface area contributed by atoms with Gasteiger partial charge in [-0.1, -0.05) is 0 Å². The number of nitrogens with two attached hydrogens (primary N) is 1. The largest absolute Gasteiger partial charge is 0.396 e. The third-order valence-corrected chi connectivity index (χ3v) is 1.24. The third kappa shape index (κ3) is 3.31.